The molecule has 0 saturated carbocycles. The zero-order valence-electron chi connectivity index (χ0n) is 11.4. The number of carbonyl (C=O) groups is 1. The molecule has 0 bridgehead atoms. The van der Waals surface area contributed by atoms with E-state index in [9.17, 15) is 4.79 Å². The Morgan fingerprint density at radius 1 is 1.35 bits per heavy atom. The van der Waals surface area contributed by atoms with Crippen LogP contribution in [0.3, 0.4) is 0 Å². The first-order valence-corrected chi connectivity index (χ1v) is 8.16. The lowest BCUT2D eigenvalue weighted by Gasteiger charge is -2.29. The van der Waals surface area contributed by atoms with E-state index < -0.39 is 5.54 Å². The number of carbonyl (C=O) groups excluding carboxylic acids is 1. The Kier molecular flexibility index (Phi) is 4.83. The highest BCUT2D eigenvalue weighted by molar-refractivity contribution is 9.09. The molecule has 1 heterocycles. The summed E-state index contributed by atoms with van der Waals surface area (Å²) in [5.41, 5.74) is 0.591. The van der Waals surface area contributed by atoms with Crippen molar-refractivity contribution in [3.05, 3.63) is 52.2 Å². The highest BCUT2D eigenvalue weighted by Gasteiger charge is 2.29. The maximum Gasteiger partial charge on any atom is 0.265 e. The molecule has 5 heteroatoms. The number of hydrogen-bond acceptors (Lipinski definition) is 3. The van der Waals surface area contributed by atoms with Gasteiger partial charge < -0.3 is 10.1 Å². The average molecular weight is 354 g/mol. The molecule has 20 heavy (non-hydrogen) atoms. The quantitative estimate of drug-likeness (QED) is 0.830. The van der Waals surface area contributed by atoms with E-state index in [0.29, 0.717) is 16.0 Å². The van der Waals surface area contributed by atoms with Gasteiger partial charge in [-0.2, -0.15) is 0 Å². The van der Waals surface area contributed by atoms with Crippen LogP contribution in [0, 0.1) is 0 Å². The topological polar surface area (TPSA) is 38.3 Å². The second kappa shape index (κ2) is 6.41. The van der Waals surface area contributed by atoms with Crippen LogP contribution in [0.4, 0.5) is 0 Å². The summed E-state index contributed by atoms with van der Waals surface area (Å²) in [6.07, 6.45) is 0. The lowest BCUT2D eigenvalue weighted by molar-refractivity contribution is 0.0915. The van der Waals surface area contributed by atoms with Crippen molar-refractivity contribution in [2.24, 2.45) is 0 Å². The summed E-state index contributed by atoms with van der Waals surface area (Å²) < 4.78 is 5.20. The van der Waals surface area contributed by atoms with Gasteiger partial charge in [0.1, 0.15) is 10.6 Å². The largest absolute Gasteiger partial charge is 0.495 e. The van der Waals surface area contributed by atoms with Crippen LogP contribution in [0.15, 0.2) is 41.8 Å². The minimum Gasteiger partial charge on any atom is -0.495 e. The molecule has 1 atom stereocenters. The van der Waals surface area contributed by atoms with Crippen molar-refractivity contribution in [3.8, 4) is 5.75 Å². The van der Waals surface area contributed by atoms with E-state index in [4.69, 9.17) is 4.74 Å². The molecule has 0 aliphatic rings. The number of thiophene rings is 1. The second-order valence-corrected chi connectivity index (χ2v) is 6.08. The molecule has 2 rings (SSSR count). The number of amides is 1. The van der Waals surface area contributed by atoms with Gasteiger partial charge in [-0.3, -0.25) is 4.79 Å². The molecule has 0 aliphatic heterocycles. The fourth-order valence-corrected chi connectivity index (χ4v) is 3.14. The highest BCUT2D eigenvalue weighted by atomic mass is 79.9. The molecule has 1 amide bonds. The zero-order valence-corrected chi connectivity index (χ0v) is 13.8. The summed E-state index contributed by atoms with van der Waals surface area (Å²) in [7, 11) is 1.57. The Hall–Kier alpha value is -1.33. The number of methoxy groups -OCH3 is 1. The molecule has 2 aromatic rings. The molecule has 1 aromatic carbocycles. The van der Waals surface area contributed by atoms with Gasteiger partial charge in [-0.1, -0.05) is 46.3 Å². The summed E-state index contributed by atoms with van der Waals surface area (Å²) >= 11 is 4.87. The molecular weight excluding hydrogens is 338 g/mol. The van der Waals surface area contributed by atoms with Gasteiger partial charge in [-0.25, -0.2) is 0 Å². The lowest BCUT2D eigenvalue weighted by Crippen LogP contribution is -2.44. The van der Waals surface area contributed by atoms with Crippen LogP contribution in [0.1, 0.15) is 22.2 Å². The van der Waals surface area contributed by atoms with Gasteiger partial charge in [-0.05, 0) is 23.9 Å². The Balaban J connectivity index is 2.24. The molecule has 0 aliphatic carbocycles. The summed E-state index contributed by atoms with van der Waals surface area (Å²) in [5.74, 6) is 0.486. The third-order valence-corrected chi connectivity index (χ3v) is 5.14. The Morgan fingerprint density at radius 2 is 2.05 bits per heavy atom. The molecule has 3 nitrogen and oxygen atoms in total. The number of hydrogen-bond donors (Lipinski definition) is 1. The van der Waals surface area contributed by atoms with E-state index in [1.165, 1.54) is 11.3 Å². The smallest absolute Gasteiger partial charge is 0.265 e. The lowest BCUT2D eigenvalue weighted by atomic mass is 9.94. The maximum atomic E-state index is 12.4. The van der Waals surface area contributed by atoms with Crippen molar-refractivity contribution in [2.45, 2.75) is 12.5 Å². The van der Waals surface area contributed by atoms with E-state index in [2.05, 4.69) is 21.2 Å². The fraction of sp³-hybridized carbons (Fsp3) is 0.267. The monoisotopic (exact) mass is 353 g/mol. The molecule has 0 spiro atoms. The van der Waals surface area contributed by atoms with Crippen LogP contribution >= 0.6 is 27.3 Å². The Bertz CT molecular complexity index is 585. The van der Waals surface area contributed by atoms with Gasteiger partial charge in [-0.15, -0.1) is 11.3 Å². The first-order valence-electron chi connectivity index (χ1n) is 6.16. The Morgan fingerprint density at radius 3 is 2.65 bits per heavy atom. The molecule has 1 aromatic heterocycles. The van der Waals surface area contributed by atoms with Gasteiger partial charge in [0.2, 0.25) is 0 Å². The van der Waals surface area contributed by atoms with Crippen molar-refractivity contribution in [2.75, 3.05) is 12.4 Å². The van der Waals surface area contributed by atoms with Crippen molar-refractivity contribution < 1.29 is 9.53 Å². The van der Waals surface area contributed by atoms with Gasteiger partial charge in [0.05, 0.1) is 12.6 Å². The van der Waals surface area contributed by atoms with Crippen molar-refractivity contribution >= 4 is 33.2 Å². The van der Waals surface area contributed by atoms with E-state index in [-0.39, 0.29) is 5.91 Å². The molecule has 106 valence electrons. The molecular formula is C15H16BrNO2S. The second-order valence-electron chi connectivity index (χ2n) is 4.60. The highest BCUT2D eigenvalue weighted by Crippen LogP contribution is 2.28. The normalized spacial score (nSPS) is 13.6. The summed E-state index contributed by atoms with van der Waals surface area (Å²) in [6.45, 7) is 2.00. The van der Waals surface area contributed by atoms with Crippen LogP contribution < -0.4 is 10.1 Å². The third kappa shape index (κ3) is 3.04. The van der Waals surface area contributed by atoms with Crippen LogP contribution in [-0.2, 0) is 5.54 Å². The number of rotatable bonds is 5. The Labute approximate surface area is 131 Å². The van der Waals surface area contributed by atoms with Crippen molar-refractivity contribution in [1.29, 1.82) is 0 Å². The van der Waals surface area contributed by atoms with E-state index in [1.807, 2.05) is 42.6 Å². The van der Waals surface area contributed by atoms with Crippen LogP contribution in [0.25, 0.3) is 0 Å². The van der Waals surface area contributed by atoms with E-state index in [1.54, 1.807) is 13.2 Å². The first kappa shape index (κ1) is 15.1. The maximum absolute atomic E-state index is 12.4. The van der Waals surface area contributed by atoms with Crippen LogP contribution in [-0.4, -0.2) is 18.3 Å². The number of ether oxygens (including phenoxy) is 1. The predicted octanol–water partition coefficient (Wildman–Crippen LogP) is 3.80. The number of benzene rings is 1. The number of alkyl halides is 1. The van der Waals surface area contributed by atoms with Gasteiger partial charge in [0, 0.05) is 5.33 Å². The fourth-order valence-electron chi connectivity index (χ4n) is 1.92. The van der Waals surface area contributed by atoms with Crippen LogP contribution in [0.2, 0.25) is 0 Å². The van der Waals surface area contributed by atoms with Gasteiger partial charge in [0.15, 0.2) is 0 Å². The molecule has 0 radical (unpaired) electrons. The number of nitrogens with one attached hydrogen (secondary N) is 1. The molecule has 1 N–H and O–H groups in total. The van der Waals surface area contributed by atoms with E-state index >= 15 is 0 Å². The standard InChI is InChI=1S/C15H16BrNO2S/c1-15(10-16,11-6-4-3-5-7-11)17-14(18)13-12(19-2)8-9-20-13/h3-9H,10H2,1-2H3,(H,17,18). The predicted molar refractivity (Wildman–Crippen MR) is 85.9 cm³/mol. The third-order valence-electron chi connectivity index (χ3n) is 3.12. The molecule has 0 fully saturated rings. The summed E-state index contributed by atoms with van der Waals surface area (Å²) in [6, 6.07) is 11.7. The minimum absolute atomic E-state index is 0.123. The van der Waals surface area contributed by atoms with E-state index in [0.717, 1.165) is 5.56 Å². The minimum atomic E-state index is -0.465. The van der Waals surface area contributed by atoms with Crippen molar-refractivity contribution in [1.82, 2.24) is 5.32 Å². The number of halogens is 1. The van der Waals surface area contributed by atoms with Gasteiger partial charge in [0.25, 0.3) is 5.91 Å². The summed E-state index contributed by atoms with van der Waals surface area (Å²) in [4.78, 5) is 13.0. The average Bonchev–Trinajstić information content (AvgIpc) is 2.96. The summed E-state index contributed by atoms with van der Waals surface area (Å²) in [5, 5.41) is 5.56. The van der Waals surface area contributed by atoms with Crippen molar-refractivity contribution in [3.63, 3.8) is 0 Å². The molecule has 1 unspecified atom stereocenters. The zero-order chi connectivity index (χ0) is 14.6. The SMILES string of the molecule is COc1ccsc1C(=O)NC(C)(CBr)c1ccccc1. The molecule has 0 saturated heterocycles. The first-order chi connectivity index (χ1) is 9.60. The van der Waals surface area contributed by atoms with Gasteiger partial charge >= 0.3 is 0 Å². The van der Waals surface area contributed by atoms with Crippen LogP contribution in [0.5, 0.6) is 5.75 Å².